The smallest absolute Gasteiger partial charge is 0.326 e. The molecule has 1 rings (SSSR count). The molecule has 1 heterocycles. The molecule has 0 saturated heterocycles. The number of nitrogens with one attached hydrogen (secondary N) is 1. The lowest BCUT2D eigenvalue weighted by molar-refractivity contribution is -0.138. The van der Waals surface area contributed by atoms with Crippen molar-refractivity contribution < 1.29 is 9.90 Å². The van der Waals surface area contributed by atoms with Crippen LogP contribution in [0, 0.1) is 5.92 Å². The van der Waals surface area contributed by atoms with E-state index in [0.717, 1.165) is 0 Å². The largest absolute Gasteiger partial charge is 0.480 e. The number of anilines is 1. The van der Waals surface area contributed by atoms with Crippen LogP contribution in [0.2, 0.25) is 5.02 Å². The molecule has 15 heavy (non-hydrogen) atoms. The molecule has 0 unspecified atom stereocenters. The zero-order valence-corrected chi connectivity index (χ0v) is 9.32. The SMILES string of the molecule is CC(C)[C@H](Nc1ccc(Cl)cn1)C(=O)O. The Morgan fingerprint density at radius 2 is 2.20 bits per heavy atom. The van der Waals surface area contributed by atoms with Crippen LogP contribution >= 0.6 is 11.6 Å². The standard InChI is InChI=1S/C10H13ClN2O2/c1-6(2)9(10(14)15)13-8-4-3-7(11)5-12-8/h3-6,9H,1-2H3,(H,12,13)(H,14,15)/t9-/m0/s1. The van der Waals surface area contributed by atoms with Gasteiger partial charge in [0.15, 0.2) is 0 Å². The highest BCUT2D eigenvalue weighted by molar-refractivity contribution is 6.30. The molecule has 0 spiro atoms. The zero-order chi connectivity index (χ0) is 11.4. The molecule has 0 aromatic carbocycles. The van der Waals surface area contributed by atoms with Crippen molar-refractivity contribution in [1.82, 2.24) is 4.98 Å². The molecular formula is C10H13ClN2O2. The van der Waals surface area contributed by atoms with E-state index in [-0.39, 0.29) is 5.92 Å². The van der Waals surface area contributed by atoms with Gasteiger partial charge in [-0.3, -0.25) is 0 Å². The van der Waals surface area contributed by atoms with Crippen LogP contribution in [0.3, 0.4) is 0 Å². The van der Waals surface area contributed by atoms with Crippen molar-refractivity contribution in [1.29, 1.82) is 0 Å². The average molecular weight is 229 g/mol. The van der Waals surface area contributed by atoms with Crippen molar-refractivity contribution in [2.24, 2.45) is 5.92 Å². The van der Waals surface area contributed by atoms with Gasteiger partial charge in [-0.05, 0) is 18.1 Å². The number of hydrogen-bond acceptors (Lipinski definition) is 3. The van der Waals surface area contributed by atoms with Gasteiger partial charge in [-0.25, -0.2) is 9.78 Å². The fraction of sp³-hybridized carbons (Fsp3) is 0.400. The van der Waals surface area contributed by atoms with Gasteiger partial charge >= 0.3 is 5.97 Å². The molecule has 82 valence electrons. The van der Waals surface area contributed by atoms with Gasteiger partial charge in [0, 0.05) is 6.20 Å². The lowest BCUT2D eigenvalue weighted by atomic mass is 10.1. The second-order valence-electron chi connectivity index (χ2n) is 3.57. The number of hydrogen-bond donors (Lipinski definition) is 2. The van der Waals surface area contributed by atoms with Crippen molar-refractivity contribution in [2.45, 2.75) is 19.9 Å². The molecule has 0 aliphatic rings. The van der Waals surface area contributed by atoms with E-state index in [4.69, 9.17) is 16.7 Å². The molecule has 0 radical (unpaired) electrons. The molecule has 0 saturated carbocycles. The molecule has 1 aromatic rings. The first-order valence-corrected chi connectivity index (χ1v) is 4.99. The second-order valence-corrected chi connectivity index (χ2v) is 4.00. The fourth-order valence-electron chi connectivity index (χ4n) is 1.13. The highest BCUT2D eigenvalue weighted by Gasteiger charge is 2.21. The van der Waals surface area contributed by atoms with E-state index in [1.165, 1.54) is 6.20 Å². The summed E-state index contributed by atoms with van der Waals surface area (Å²) in [5, 5.41) is 12.3. The quantitative estimate of drug-likeness (QED) is 0.830. The predicted molar refractivity (Wildman–Crippen MR) is 59.1 cm³/mol. The van der Waals surface area contributed by atoms with Crippen LogP contribution in [0.1, 0.15) is 13.8 Å². The van der Waals surface area contributed by atoms with E-state index >= 15 is 0 Å². The lowest BCUT2D eigenvalue weighted by Crippen LogP contribution is -2.34. The Morgan fingerprint density at radius 3 is 2.60 bits per heavy atom. The summed E-state index contributed by atoms with van der Waals surface area (Å²) < 4.78 is 0. The zero-order valence-electron chi connectivity index (χ0n) is 8.57. The van der Waals surface area contributed by atoms with Crippen LogP contribution in [-0.2, 0) is 4.79 Å². The Bertz CT molecular complexity index is 338. The molecular weight excluding hydrogens is 216 g/mol. The third-order valence-electron chi connectivity index (χ3n) is 1.96. The van der Waals surface area contributed by atoms with Crippen molar-refractivity contribution in [3.63, 3.8) is 0 Å². The molecule has 0 amide bonds. The number of carbonyl (C=O) groups is 1. The first-order valence-electron chi connectivity index (χ1n) is 4.61. The summed E-state index contributed by atoms with van der Waals surface area (Å²) in [6, 6.07) is 2.68. The Hall–Kier alpha value is -1.29. The van der Waals surface area contributed by atoms with Gasteiger partial charge in [0.2, 0.25) is 0 Å². The summed E-state index contributed by atoms with van der Waals surface area (Å²) in [5.74, 6) is -0.387. The van der Waals surface area contributed by atoms with Crippen molar-refractivity contribution in [3.05, 3.63) is 23.4 Å². The van der Waals surface area contributed by atoms with Gasteiger partial charge < -0.3 is 10.4 Å². The van der Waals surface area contributed by atoms with Gasteiger partial charge in [0.05, 0.1) is 5.02 Å². The molecule has 0 aliphatic carbocycles. The van der Waals surface area contributed by atoms with Crippen molar-refractivity contribution in [2.75, 3.05) is 5.32 Å². The first kappa shape index (κ1) is 11.8. The van der Waals surface area contributed by atoms with E-state index in [2.05, 4.69) is 10.3 Å². The Kier molecular flexibility index (Phi) is 3.91. The van der Waals surface area contributed by atoms with Gasteiger partial charge in [-0.1, -0.05) is 25.4 Å². The second kappa shape index (κ2) is 4.98. The van der Waals surface area contributed by atoms with E-state index < -0.39 is 12.0 Å². The topological polar surface area (TPSA) is 62.2 Å². The van der Waals surface area contributed by atoms with E-state index in [1.807, 2.05) is 13.8 Å². The van der Waals surface area contributed by atoms with Crippen molar-refractivity contribution >= 4 is 23.4 Å². The van der Waals surface area contributed by atoms with E-state index in [1.54, 1.807) is 12.1 Å². The maximum absolute atomic E-state index is 10.9. The highest BCUT2D eigenvalue weighted by Crippen LogP contribution is 2.13. The number of carboxylic acid groups (broad SMARTS) is 1. The molecule has 4 nitrogen and oxygen atoms in total. The summed E-state index contributed by atoms with van der Waals surface area (Å²) in [7, 11) is 0. The van der Waals surface area contributed by atoms with Gasteiger partial charge in [-0.15, -0.1) is 0 Å². The number of carboxylic acids is 1. The minimum atomic E-state index is -0.887. The molecule has 1 atom stereocenters. The number of aliphatic carboxylic acids is 1. The summed E-state index contributed by atoms with van der Waals surface area (Å²) in [5.41, 5.74) is 0. The van der Waals surface area contributed by atoms with Crippen molar-refractivity contribution in [3.8, 4) is 0 Å². The minimum absolute atomic E-state index is 0.0139. The van der Waals surface area contributed by atoms with E-state index in [9.17, 15) is 4.79 Å². The Balaban J connectivity index is 2.74. The molecule has 0 fully saturated rings. The third-order valence-corrected chi connectivity index (χ3v) is 2.19. The fourth-order valence-corrected chi connectivity index (χ4v) is 1.25. The van der Waals surface area contributed by atoms with Crippen LogP contribution in [0.25, 0.3) is 0 Å². The monoisotopic (exact) mass is 228 g/mol. The van der Waals surface area contributed by atoms with Crippen LogP contribution in [0.4, 0.5) is 5.82 Å². The third kappa shape index (κ3) is 3.40. The summed E-state index contributed by atoms with van der Waals surface area (Å²) in [6.07, 6.45) is 1.48. The molecule has 5 heteroatoms. The number of nitrogens with zero attached hydrogens (tertiary/aromatic N) is 1. The number of halogens is 1. The summed E-state index contributed by atoms with van der Waals surface area (Å²) >= 11 is 5.67. The summed E-state index contributed by atoms with van der Waals surface area (Å²) in [6.45, 7) is 3.67. The first-order chi connectivity index (χ1) is 7.00. The molecule has 0 bridgehead atoms. The van der Waals surface area contributed by atoms with Crippen LogP contribution < -0.4 is 5.32 Å². The highest BCUT2D eigenvalue weighted by atomic mass is 35.5. The lowest BCUT2D eigenvalue weighted by Gasteiger charge is -2.18. The average Bonchev–Trinajstić information content (AvgIpc) is 2.15. The molecule has 1 aromatic heterocycles. The van der Waals surface area contributed by atoms with Gasteiger partial charge in [-0.2, -0.15) is 0 Å². The van der Waals surface area contributed by atoms with Crippen LogP contribution in [0.15, 0.2) is 18.3 Å². The Morgan fingerprint density at radius 1 is 1.53 bits per heavy atom. The normalized spacial score (nSPS) is 12.5. The number of rotatable bonds is 4. The number of pyridine rings is 1. The molecule has 2 N–H and O–H groups in total. The van der Waals surface area contributed by atoms with E-state index in [0.29, 0.717) is 10.8 Å². The maximum Gasteiger partial charge on any atom is 0.326 e. The summed E-state index contributed by atoms with van der Waals surface area (Å²) in [4.78, 5) is 14.9. The van der Waals surface area contributed by atoms with Gasteiger partial charge in [0.25, 0.3) is 0 Å². The van der Waals surface area contributed by atoms with Gasteiger partial charge in [0.1, 0.15) is 11.9 Å². The number of aromatic nitrogens is 1. The predicted octanol–water partition coefficient (Wildman–Crippen LogP) is 2.26. The minimum Gasteiger partial charge on any atom is -0.480 e. The van der Waals surface area contributed by atoms with Crippen LogP contribution in [0.5, 0.6) is 0 Å². The maximum atomic E-state index is 10.9. The van der Waals surface area contributed by atoms with Crippen LogP contribution in [-0.4, -0.2) is 22.1 Å². The Labute approximate surface area is 93.3 Å². The molecule has 0 aliphatic heterocycles.